The summed E-state index contributed by atoms with van der Waals surface area (Å²) < 4.78 is 32.8. The zero-order valence-electron chi connectivity index (χ0n) is 12.2. The zero-order valence-corrected chi connectivity index (χ0v) is 14.6. The van der Waals surface area contributed by atoms with E-state index in [0.29, 0.717) is 18.8 Å². The second kappa shape index (κ2) is 7.73. The molecule has 8 heteroatoms. The normalized spacial score (nSPS) is 17.2. The fourth-order valence-corrected chi connectivity index (χ4v) is 4.46. The van der Waals surface area contributed by atoms with Crippen LogP contribution >= 0.6 is 15.9 Å². The maximum atomic E-state index is 12.3. The number of sulfonamides is 1. The van der Waals surface area contributed by atoms with Crippen LogP contribution in [0.1, 0.15) is 25.0 Å². The molecule has 1 aromatic rings. The van der Waals surface area contributed by atoms with Crippen molar-refractivity contribution in [3.8, 4) is 0 Å². The predicted octanol–water partition coefficient (Wildman–Crippen LogP) is 1.53. The maximum absolute atomic E-state index is 12.3. The number of hydrogen-bond acceptors (Lipinski definition) is 5. The number of nitrogens with one attached hydrogen (secondary N) is 2. The highest BCUT2D eigenvalue weighted by molar-refractivity contribution is 9.10. The number of halogens is 1. The third kappa shape index (κ3) is 4.79. The van der Waals surface area contributed by atoms with Crippen molar-refractivity contribution in [1.82, 2.24) is 14.9 Å². The molecule has 1 fully saturated rings. The Labute approximate surface area is 134 Å². The van der Waals surface area contributed by atoms with Crippen molar-refractivity contribution < 1.29 is 12.8 Å². The van der Waals surface area contributed by atoms with Crippen LogP contribution in [0.4, 0.5) is 0 Å². The van der Waals surface area contributed by atoms with E-state index in [2.05, 4.69) is 30.9 Å². The lowest BCUT2D eigenvalue weighted by atomic mass is 10.1. The second-order valence-electron chi connectivity index (χ2n) is 5.18. The molecule has 0 bridgehead atoms. The van der Waals surface area contributed by atoms with E-state index in [1.165, 1.54) is 19.3 Å². The third-order valence-corrected chi connectivity index (χ3v) is 5.83. The van der Waals surface area contributed by atoms with E-state index in [-0.39, 0.29) is 9.56 Å². The number of likely N-dealkylation sites (tertiary alicyclic amines) is 1. The molecule has 1 aliphatic rings. The largest absolute Gasteiger partial charge is 0.452 e. The molecule has 0 aromatic carbocycles. The molecule has 21 heavy (non-hydrogen) atoms. The molecule has 0 atom stereocenters. The van der Waals surface area contributed by atoms with Gasteiger partial charge in [-0.15, -0.1) is 0 Å². The SMILES string of the molecule is CNCc1cc(S(=O)(=O)NCCN2CCCCC2)c(Br)o1. The molecule has 0 aliphatic carbocycles. The minimum atomic E-state index is -3.53. The van der Waals surface area contributed by atoms with Gasteiger partial charge in [0.15, 0.2) is 4.67 Å². The first-order chi connectivity index (χ1) is 10.0. The van der Waals surface area contributed by atoms with Gasteiger partial charge in [-0.25, -0.2) is 13.1 Å². The first kappa shape index (κ1) is 17.0. The second-order valence-corrected chi connectivity index (χ2v) is 7.64. The Morgan fingerprint density at radius 1 is 1.33 bits per heavy atom. The Kier molecular flexibility index (Phi) is 6.24. The van der Waals surface area contributed by atoms with E-state index in [1.54, 1.807) is 13.1 Å². The van der Waals surface area contributed by atoms with Crippen molar-refractivity contribution in [2.75, 3.05) is 33.2 Å². The fraction of sp³-hybridized carbons (Fsp3) is 0.692. The molecule has 0 amide bonds. The van der Waals surface area contributed by atoms with Crippen LogP contribution in [-0.4, -0.2) is 46.5 Å². The van der Waals surface area contributed by atoms with Crippen molar-refractivity contribution in [2.24, 2.45) is 0 Å². The highest BCUT2D eigenvalue weighted by Gasteiger charge is 2.22. The number of nitrogens with zero attached hydrogens (tertiary/aromatic N) is 1. The Morgan fingerprint density at radius 3 is 2.71 bits per heavy atom. The van der Waals surface area contributed by atoms with Gasteiger partial charge in [0.2, 0.25) is 10.0 Å². The average molecular weight is 380 g/mol. The van der Waals surface area contributed by atoms with Crippen molar-refractivity contribution in [3.05, 3.63) is 16.5 Å². The molecule has 2 heterocycles. The molecule has 1 saturated heterocycles. The first-order valence-electron chi connectivity index (χ1n) is 7.18. The summed E-state index contributed by atoms with van der Waals surface area (Å²) in [5.41, 5.74) is 0. The average Bonchev–Trinajstić information content (AvgIpc) is 2.82. The topological polar surface area (TPSA) is 74.6 Å². The summed E-state index contributed by atoms with van der Waals surface area (Å²) in [6.45, 7) is 3.77. The number of hydrogen-bond donors (Lipinski definition) is 2. The van der Waals surface area contributed by atoms with Gasteiger partial charge < -0.3 is 14.6 Å². The Morgan fingerprint density at radius 2 is 2.05 bits per heavy atom. The third-order valence-electron chi connectivity index (χ3n) is 3.52. The van der Waals surface area contributed by atoms with Gasteiger partial charge in [-0.1, -0.05) is 6.42 Å². The smallest absolute Gasteiger partial charge is 0.245 e. The summed E-state index contributed by atoms with van der Waals surface area (Å²) in [7, 11) is -1.76. The van der Waals surface area contributed by atoms with Crippen LogP contribution in [-0.2, 0) is 16.6 Å². The lowest BCUT2D eigenvalue weighted by molar-refractivity contribution is 0.232. The number of furan rings is 1. The van der Waals surface area contributed by atoms with Gasteiger partial charge in [0.05, 0.1) is 6.54 Å². The molecule has 2 N–H and O–H groups in total. The Balaban J connectivity index is 1.91. The van der Waals surface area contributed by atoms with Gasteiger partial charge in [-0.05, 0) is 48.9 Å². The summed E-state index contributed by atoms with van der Waals surface area (Å²) in [4.78, 5) is 2.45. The van der Waals surface area contributed by atoms with Crippen LogP contribution < -0.4 is 10.0 Å². The molecule has 0 unspecified atom stereocenters. The van der Waals surface area contributed by atoms with Gasteiger partial charge in [0.25, 0.3) is 0 Å². The maximum Gasteiger partial charge on any atom is 0.245 e. The lowest BCUT2D eigenvalue weighted by Gasteiger charge is -2.26. The molecule has 0 radical (unpaired) electrons. The van der Waals surface area contributed by atoms with E-state index in [9.17, 15) is 8.42 Å². The molecule has 1 aliphatic heterocycles. The van der Waals surface area contributed by atoms with Crippen molar-refractivity contribution in [2.45, 2.75) is 30.7 Å². The van der Waals surface area contributed by atoms with Crippen molar-refractivity contribution in [3.63, 3.8) is 0 Å². The van der Waals surface area contributed by atoms with E-state index < -0.39 is 10.0 Å². The quantitative estimate of drug-likeness (QED) is 0.751. The van der Waals surface area contributed by atoms with Gasteiger partial charge in [-0.2, -0.15) is 0 Å². The van der Waals surface area contributed by atoms with Crippen molar-refractivity contribution >= 4 is 26.0 Å². The standard InChI is InChI=1S/C13H22BrN3O3S/c1-15-10-11-9-12(13(14)20-11)21(18,19)16-5-8-17-6-3-2-4-7-17/h9,15-16H,2-8,10H2,1H3. The van der Waals surface area contributed by atoms with Gasteiger partial charge in [0, 0.05) is 19.2 Å². The van der Waals surface area contributed by atoms with Crippen LogP contribution in [0.5, 0.6) is 0 Å². The highest BCUT2D eigenvalue weighted by Crippen LogP contribution is 2.25. The fourth-order valence-electron chi connectivity index (χ4n) is 2.44. The summed E-state index contributed by atoms with van der Waals surface area (Å²) in [6.07, 6.45) is 3.68. The Hall–Kier alpha value is -0.410. The first-order valence-corrected chi connectivity index (χ1v) is 9.45. The van der Waals surface area contributed by atoms with Crippen molar-refractivity contribution in [1.29, 1.82) is 0 Å². The van der Waals surface area contributed by atoms with Gasteiger partial charge >= 0.3 is 0 Å². The molecule has 0 saturated carbocycles. The van der Waals surface area contributed by atoms with E-state index in [0.717, 1.165) is 19.6 Å². The summed E-state index contributed by atoms with van der Waals surface area (Å²) in [5.74, 6) is 0.584. The van der Waals surface area contributed by atoms with Crippen LogP contribution in [0.3, 0.4) is 0 Å². The molecule has 2 rings (SSSR count). The highest BCUT2D eigenvalue weighted by atomic mass is 79.9. The minimum Gasteiger partial charge on any atom is -0.452 e. The van der Waals surface area contributed by atoms with Crippen LogP contribution in [0.2, 0.25) is 0 Å². The molecular formula is C13H22BrN3O3S. The van der Waals surface area contributed by atoms with Crippen LogP contribution in [0.15, 0.2) is 20.0 Å². The zero-order chi connectivity index (χ0) is 15.3. The van der Waals surface area contributed by atoms with Crippen LogP contribution in [0.25, 0.3) is 0 Å². The molecule has 120 valence electrons. The van der Waals surface area contributed by atoms with E-state index >= 15 is 0 Å². The summed E-state index contributed by atoms with van der Waals surface area (Å²) in [6, 6.07) is 1.55. The Bertz CT molecular complexity index is 553. The summed E-state index contributed by atoms with van der Waals surface area (Å²) >= 11 is 3.17. The van der Waals surface area contributed by atoms with E-state index in [1.807, 2.05) is 0 Å². The number of piperidine rings is 1. The van der Waals surface area contributed by atoms with Crippen LogP contribution in [0, 0.1) is 0 Å². The van der Waals surface area contributed by atoms with E-state index in [4.69, 9.17) is 4.42 Å². The molecule has 0 spiro atoms. The monoisotopic (exact) mass is 379 g/mol. The molecule has 6 nitrogen and oxygen atoms in total. The molecular weight excluding hydrogens is 358 g/mol. The van der Waals surface area contributed by atoms with Gasteiger partial charge in [0.1, 0.15) is 10.7 Å². The molecule has 1 aromatic heterocycles. The minimum absolute atomic E-state index is 0.159. The summed E-state index contributed by atoms with van der Waals surface area (Å²) in [5, 5.41) is 2.93. The number of rotatable bonds is 7. The van der Waals surface area contributed by atoms with Gasteiger partial charge in [-0.3, -0.25) is 0 Å². The lowest BCUT2D eigenvalue weighted by Crippen LogP contribution is -2.37. The predicted molar refractivity (Wildman–Crippen MR) is 84.7 cm³/mol.